The number of carboxylic acids is 1. The Balaban J connectivity index is -0.0000000183. The van der Waals surface area contributed by atoms with Crippen LogP contribution >= 0.6 is 0 Å². The molecule has 0 bridgehead atoms. The van der Waals surface area contributed by atoms with Crippen LogP contribution in [0.5, 0.6) is 0 Å². The summed E-state index contributed by atoms with van der Waals surface area (Å²) in [5.74, 6) is -0.833. The van der Waals surface area contributed by atoms with Crippen molar-refractivity contribution >= 4 is 5.97 Å². The van der Waals surface area contributed by atoms with E-state index in [9.17, 15) is 0 Å². The van der Waals surface area contributed by atoms with Crippen LogP contribution in [0.15, 0.2) is 0 Å². The number of hydrogen-bond donors (Lipinski definition) is 2. The molecule has 52 valence electrons. The average Bonchev–Trinajstić information content (AvgIpc) is 1.41. The number of aliphatic hydroxyl groups excluding tert-OH is 1. The maximum Gasteiger partial charge on any atom is 0.300 e. The molecule has 0 fully saturated rings. The largest absolute Gasteiger partial charge is 0.481 e. The predicted molar refractivity (Wildman–Crippen MR) is 28.2 cm³/mol. The van der Waals surface area contributed by atoms with Crippen molar-refractivity contribution < 1.29 is 36.1 Å². The number of aliphatic carboxylic acids is 1. The maximum absolute atomic E-state index is 9.00. The molecule has 0 saturated carbocycles. The molecule has 0 aromatic carbocycles. The van der Waals surface area contributed by atoms with Crippen LogP contribution in [0.25, 0.3) is 0 Å². The molecule has 0 aromatic heterocycles. The maximum atomic E-state index is 9.00. The van der Waals surface area contributed by atoms with E-state index in [4.69, 9.17) is 15.0 Å². The normalized spacial score (nSPS) is 3.88. The summed E-state index contributed by atoms with van der Waals surface area (Å²) in [5.41, 5.74) is 0. The van der Waals surface area contributed by atoms with E-state index in [2.05, 4.69) is 0 Å². The molecular formula is C4H12O3W. The average molecular weight is 292 g/mol. The van der Waals surface area contributed by atoms with Gasteiger partial charge in [0.15, 0.2) is 0 Å². The zero-order chi connectivity index (χ0) is 5.58. The van der Waals surface area contributed by atoms with E-state index in [1.54, 1.807) is 0 Å². The van der Waals surface area contributed by atoms with Crippen molar-refractivity contribution in [2.24, 2.45) is 0 Å². The molecule has 0 atom stereocenters. The van der Waals surface area contributed by atoms with E-state index in [1.807, 2.05) is 0 Å². The fraction of sp³-hybridized carbons (Fsp3) is 0.750. The van der Waals surface area contributed by atoms with Gasteiger partial charge in [-0.2, -0.15) is 0 Å². The van der Waals surface area contributed by atoms with Gasteiger partial charge in [-0.15, -0.1) is 0 Å². The number of carboxylic acid groups (broad SMARTS) is 1. The number of rotatable bonds is 0. The molecule has 0 spiro atoms. The fourth-order valence-electron chi connectivity index (χ4n) is 0. The van der Waals surface area contributed by atoms with Crippen molar-refractivity contribution in [2.45, 2.75) is 14.4 Å². The second kappa shape index (κ2) is 27.4. The summed E-state index contributed by atoms with van der Waals surface area (Å²) in [5, 5.41) is 14.4. The van der Waals surface area contributed by atoms with Crippen molar-refractivity contribution in [3.05, 3.63) is 0 Å². The van der Waals surface area contributed by atoms with E-state index >= 15 is 0 Å². The van der Waals surface area contributed by atoms with Gasteiger partial charge in [-0.05, 0) is 0 Å². The Morgan fingerprint density at radius 2 is 1.38 bits per heavy atom. The van der Waals surface area contributed by atoms with Gasteiger partial charge in [-0.25, -0.2) is 0 Å². The summed E-state index contributed by atoms with van der Waals surface area (Å²) in [6.07, 6.45) is 0. The summed E-state index contributed by atoms with van der Waals surface area (Å²) in [6, 6.07) is 0. The van der Waals surface area contributed by atoms with Crippen LogP contribution in [0.1, 0.15) is 14.4 Å². The Morgan fingerprint density at radius 3 is 1.38 bits per heavy atom. The molecular weight excluding hydrogens is 280 g/mol. The third-order valence-corrected chi connectivity index (χ3v) is 0. The minimum atomic E-state index is -0.833. The Morgan fingerprint density at radius 1 is 1.38 bits per heavy atom. The van der Waals surface area contributed by atoms with Gasteiger partial charge >= 0.3 is 0 Å². The third-order valence-electron chi connectivity index (χ3n) is 0. The minimum Gasteiger partial charge on any atom is -0.481 e. The third kappa shape index (κ3) is 11500. The van der Waals surface area contributed by atoms with Gasteiger partial charge in [0.1, 0.15) is 0 Å². The zero-order valence-corrected chi connectivity index (χ0v) is 7.14. The molecule has 0 aliphatic carbocycles. The second-order valence-electron chi connectivity index (χ2n) is 0.519. The van der Waals surface area contributed by atoms with Gasteiger partial charge in [-0.1, -0.05) is 7.43 Å². The Bertz CT molecular complexity index is 34.3. The van der Waals surface area contributed by atoms with E-state index in [0.29, 0.717) is 0 Å². The van der Waals surface area contributed by atoms with Crippen molar-refractivity contribution in [2.75, 3.05) is 7.11 Å². The quantitative estimate of drug-likeness (QED) is 0.676. The van der Waals surface area contributed by atoms with Crippen molar-refractivity contribution in [3.63, 3.8) is 0 Å². The monoisotopic (exact) mass is 292 g/mol. The van der Waals surface area contributed by atoms with Gasteiger partial charge in [0, 0.05) is 35.1 Å². The molecule has 0 aliphatic rings. The molecule has 4 heteroatoms. The molecule has 0 aromatic rings. The van der Waals surface area contributed by atoms with Crippen LogP contribution in [-0.2, 0) is 25.9 Å². The van der Waals surface area contributed by atoms with Gasteiger partial charge in [-0.3, -0.25) is 4.79 Å². The van der Waals surface area contributed by atoms with Crippen LogP contribution in [0.3, 0.4) is 0 Å². The molecule has 0 aliphatic heterocycles. The van der Waals surface area contributed by atoms with Crippen LogP contribution in [0.2, 0.25) is 0 Å². The first-order valence-electron chi connectivity index (χ1n) is 1.37. The number of aliphatic hydroxyl groups is 1. The van der Waals surface area contributed by atoms with E-state index in [0.717, 1.165) is 14.0 Å². The summed E-state index contributed by atoms with van der Waals surface area (Å²) in [4.78, 5) is 9.00. The molecule has 3 nitrogen and oxygen atoms in total. The van der Waals surface area contributed by atoms with Crippen molar-refractivity contribution in [1.29, 1.82) is 0 Å². The molecule has 8 heavy (non-hydrogen) atoms. The van der Waals surface area contributed by atoms with Gasteiger partial charge in [0.25, 0.3) is 5.97 Å². The van der Waals surface area contributed by atoms with Crippen molar-refractivity contribution in [1.82, 2.24) is 0 Å². The predicted octanol–water partition coefficient (Wildman–Crippen LogP) is 0.333. The molecule has 2 N–H and O–H groups in total. The van der Waals surface area contributed by atoms with Crippen molar-refractivity contribution in [3.8, 4) is 0 Å². The second-order valence-corrected chi connectivity index (χ2v) is 0.519. The summed E-state index contributed by atoms with van der Waals surface area (Å²) >= 11 is 0. The standard InChI is InChI=1S/C2H4O2.CH4O.CH4.W/c1-2(3)4;1-2;;/h1H3,(H,3,4);2H,1H3;1H4;. The zero-order valence-electron chi connectivity index (χ0n) is 4.21. The molecule has 0 radical (unpaired) electrons. The van der Waals surface area contributed by atoms with Crippen LogP contribution < -0.4 is 0 Å². The topological polar surface area (TPSA) is 57.5 Å². The first-order chi connectivity index (χ1) is 2.73. The molecule has 0 unspecified atom stereocenters. The summed E-state index contributed by atoms with van der Waals surface area (Å²) < 4.78 is 0. The van der Waals surface area contributed by atoms with Gasteiger partial charge in [0.2, 0.25) is 0 Å². The van der Waals surface area contributed by atoms with E-state index < -0.39 is 5.97 Å². The Kier molecular flexibility index (Phi) is 83.1. The molecule has 0 heterocycles. The summed E-state index contributed by atoms with van der Waals surface area (Å²) in [6.45, 7) is 1.08. The summed E-state index contributed by atoms with van der Waals surface area (Å²) in [7, 11) is 1.00. The van der Waals surface area contributed by atoms with E-state index in [1.165, 1.54) is 0 Å². The smallest absolute Gasteiger partial charge is 0.300 e. The molecule has 0 rings (SSSR count). The molecule has 0 amide bonds. The first kappa shape index (κ1) is 24.3. The van der Waals surface area contributed by atoms with Crippen LogP contribution in [0, 0.1) is 0 Å². The minimum absolute atomic E-state index is 0. The van der Waals surface area contributed by atoms with Crippen LogP contribution in [0.4, 0.5) is 0 Å². The number of carbonyl (C=O) groups is 1. The first-order valence-corrected chi connectivity index (χ1v) is 1.37. The molecule has 0 saturated heterocycles. The Labute approximate surface area is 64.0 Å². The Hall–Kier alpha value is 0.118. The van der Waals surface area contributed by atoms with Gasteiger partial charge < -0.3 is 10.2 Å². The van der Waals surface area contributed by atoms with E-state index in [-0.39, 0.29) is 28.5 Å². The van der Waals surface area contributed by atoms with Crippen LogP contribution in [-0.4, -0.2) is 23.3 Å². The van der Waals surface area contributed by atoms with Gasteiger partial charge in [0.05, 0.1) is 0 Å². The SMILES string of the molecule is C.CC(=O)O.CO.[W]. The fourth-order valence-corrected chi connectivity index (χ4v) is 0. The number of hydrogen-bond acceptors (Lipinski definition) is 2.